The van der Waals surface area contributed by atoms with E-state index in [0.29, 0.717) is 22.5 Å². The second kappa shape index (κ2) is 8.48. The van der Waals surface area contributed by atoms with Crippen LogP contribution in [0.1, 0.15) is 36.0 Å². The van der Waals surface area contributed by atoms with Crippen LogP contribution in [0.15, 0.2) is 22.7 Å². The molecule has 1 amide bonds. The van der Waals surface area contributed by atoms with Crippen molar-refractivity contribution in [3.8, 4) is 0 Å². The fourth-order valence-electron chi connectivity index (χ4n) is 1.51. The minimum Gasteiger partial charge on any atom is -0.352 e. The van der Waals surface area contributed by atoms with Gasteiger partial charge in [-0.15, -0.1) is 11.6 Å². The lowest BCUT2D eigenvalue weighted by molar-refractivity contribution is 0.0953. The van der Waals surface area contributed by atoms with Gasteiger partial charge in [-0.25, -0.2) is 4.39 Å². The molecule has 0 aliphatic carbocycles. The first-order valence-electron chi connectivity index (χ1n) is 5.94. The number of carbonyl (C=O) groups is 1. The van der Waals surface area contributed by atoms with Gasteiger partial charge in [-0.2, -0.15) is 0 Å². The van der Waals surface area contributed by atoms with Crippen LogP contribution in [0, 0.1) is 5.82 Å². The Morgan fingerprint density at radius 1 is 1.28 bits per heavy atom. The Kier molecular flexibility index (Phi) is 7.28. The normalized spacial score (nSPS) is 10.4. The third kappa shape index (κ3) is 5.36. The average molecular weight is 337 g/mol. The molecule has 100 valence electrons. The Balaban J connectivity index is 2.30. The standard InChI is InChI=1S/C13H16BrClFNO/c14-11-9-10(5-6-12(11)16)13(18)17-8-4-2-1-3-7-15/h5-6,9H,1-4,7-8H2,(H,17,18). The summed E-state index contributed by atoms with van der Waals surface area (Å²) in [6.45, 7) is 0.635. The monoisotopic (exact) mass is 335 g/mol. The molecule has 0 atom stereocenters. The molecule has 0 spiro atoms. The van der Waals surface area contributed by atoms with E-state index in [9.17, 15) is 9.18 Å². The number of rotatable bonds is 7. The van der Waals surface area contributed by atoms with Crippen LogP contribution in [0.5, 0.6) is 0 Å². The molecule has 18 heavy (non-hydrogen) atoms. The van der Waals surface area contributed by atoms with Crippen molar-refractivity contribution in [1.82, 2.24) is 5.32 Å². The van der Waals surface area contributed by atoms with Gasteiger partial charge in [0, 0.05) is 18.0 Å². The zero-order chi connectivity index (χ0) is 13.4. The van der Waals surface area contributed by atoms with Crippen LogP contribution in [0.3, 0.4) is 0 Å². The minimum absolute atomic E-state index is 0.173. The highest BCUT2D eigenvalue weighted by molar-refractivity contribution is 9.10. The van der Waals surface area contributed by atoms with Crippen molar-refractivity contribution in [1.29, 1.82) is 0 Å². The molecule has 0 aromatic heterocycles. The summed E-state index contributed by atoms with van der Waals surface area (Å²) in [5.41, 5.74) is 0.462. The number of hydrogen-bond acceptors (Lipinski definition) is 1. The smallest absolute Gasteiger partial charge is 0.251 e. The molecule has 0 aliphatic rings. The number of unbranched alkanes of at least 4 members (excludes halogenated alkanes) is 3. The molecule has 0 heterocycles. The lowest BCUT2D eigenvalue weighted by Crippen LogP contribution is -2.24. The summed E-state index contributed by atoms with van der Waals surface area (Å²) in [5.74, 6) is 0.149. The number of amides is 1. The van der Waals surface area contributed by atoms with Crippen LogP contribution in [0.2, 0.25) is 0 Å². The van der Waals surface area contributed by atoms with Gasteiger partial charge in [-0.3, -0.25) is 4.79 Å². The summed E-state index contributed by atoms with van der Waals surface area (Å²) in [6.07, 6.45) is 4.09. The van der Waals surface area contributed by atoms with Crippen LogP contribution in [-0.4, -0.2) is 18.3 Å². The summed E-state index contributed by atoms with van der Waals surface area (Å²) in [7, 11) is 0. The molecule has 2 nitrogen and oxygen atoms in total. The molecular weight excluding hydrogens is 321 g/mol. The van der Waals surface area contributed by atoms with E-state index < -0.39 is 0 Å². The van der Waals surface area contributed by atoms with E-state index in [-0.39, 0.29) is 11.7 Å². The Labute approximate surface area is 120 Å². The first kappa shape index (κ1) is 15.4. The van der Waals surface area contributed by atoms with Gasteiger partial charge in [-0.1, -0.05) is 12.8 Å². The maximum Gasteiger partial charge on any atom is 0.251 e. The van der Waals surface area contributed by atoms with Crippen molar-refractivity contribution >= 4 is 33.4 Å². The van der Waals surface area contributed by atoms with Crippen LogP contribution < -0.4 is 5.32 Å². The van der Waals surface area contributed by atoms with E-state index in [0.717, 1.165) is 25.7 Å². The summed E-state index contributed by atoms with van der Waals surface area (Å²) in [6, 6.07) is 4.24. The molecule has 0 radical (unpaired) electrons. The highest BCUT2D eigenvalue weighted by Gasteiger charge is 2.07. The number of hydrogen-bond donors (Lipinski definition) is 1. The van der Waals surface area contributed by atoms with E-state index in [2.05, 4.69) is 21.2 Å². The lowest BCUT2D eigenvalue weighted by atomic mass is 10.2. The van der Waals surface area contributed by atoms with E-state index in [1.54, 1.807) is 0 Å². The number of halogens is 3. The second-order valence-corrected chi connectivity index (χ2v) is 5.22. The largest absolute Gasteiger partial charge is 0.352 e. The van der Waals surface area contributed by atoms with Crippen molar-refractivity contribution in [3.05, 3.63) is 34.1 Å². The van der Waals surface area contributed by atoms with Gasteiger partial charge in [0.1, 0.15) is 5.82 Å². The zero-order valence-corrected chi connectivity index (χ0v) is 12.4. The quantitative estimate of drug-likeness (QED) is 0.589. The van der Waals surface area contributed by atoms with Gasteiger partial charge < -0.3 is 5.32 Å². The summed E-state index contributed by atoms with van der Waals surface area (Å²) in [4.78, 5) is 11.7. The SMILES string of the molecule is O=C(NCCCCCCCl)c1ccc(F)c(Br)c1. The maximum atomic E-state index is 13.0. The molecule has 5 heteroatoms. The fourth-order valence-corrected chi connectivity index (χ4v) is 2.08. The predicted molar refractivity (Wildman–Crippen MR) is 75.6 cm³/mol. The molecule has 0 fully saturated rings. The zero-order valence-electron chi connectivity index (χ0n) is 10.0. The molecule has 0 saturated heterocycles. The van der Waals surface area contributed by atoms with E-state index in [1.807, 2.05) is 0 Å². The van der Waals surface area contributed by atoms with Crippen molar-refractivity contribution in [2.75, 3.05) is 12.4 Å². The first-order chi connectivity index (χ1) is 8.65. The molecule has 0 bridgehead atoms. The van der Waals surface area contributed by atoms with Gasteiger partial charge in [-0.05, 0) is 47.0 Å². The van der Waals surface area contributed by atoms with Gasteiger partial charge >= 0.3 is 0 Å². The fraction of sp³-hybridized carbons (Fsp3) is 0.462. The molecule has 0 unspecified atom stereocenters. The molecular formula is C13H16BrClFNO. The van der Waals surface area contributed by atoms with Crippen molar-refractivity contribution < 1.29 is 9.18 Å². The molecule has 1 rings (SSSR count). The maximum absolute atomic E-state index is 13.0. The molecule has 1 aromatic carbocycles. The topological polar surface area (TPSA) is 29.1 Å². The number of nitrogens with one attached hydrogen (secondary N) is 1. The van der Waals surface area contributed by atoms with Crippen LogP contribution in [0.4, 0.5) is 4.39 Å². The van der Waals surface area contributed by atoms with Gasteiger partial charge in [0.25, 0.3) is 5.91 Å². The Morgan fingerprint density at radius 3 is 2.67 bits per heavy atom. The predicted octanol–water partition coefficient (Wildman–Crippen LogP) is 4.12. The van der Waals surface area contributed by atoms with Gasteiger partial charge in [0.15, 0.2) is 0 Å². The van der Waals surface area contributed by atoms with Crippen molar-refractivity contribution in [2.24, 2.45) is 0 Å². The van der Waals surface area contributed by atoms with E-state index in [1.165, 1.54) is 18.2 Å². The van der Waals surface area contributed by atoms with Gasteiger partial charge in [0.05, 0.1) is 4.47 Å². The first-order valence-corrected chi connectivity index (χ1v) is 7.27. The van der Waals surface area contributed by atoms with Crippen LogP contribution in [0.25, 0.3) is 0 Å². The summed E-state index contributed by atoms with van der Waals surface area (Å²) in [5, 5.41) is 2.81. The highest BCUT2D eigenvalue weighted by Crippen LogP contribution is 2.16. The van der Waals surface area contributed by atoms with Gasteiger partial charge in [0.2, 0.25) is 0 Å². The molecule has 0 saturated carbocycles. The summed E-state index contributed by atoms with van der Waals surface area (Å²) < 4.78 is 13.3. The minimum atomic E-state index is -0.368. The molecule has 1 N–H and O–H groups in total. The Bertz CT molecular complexity index is 401. The van der Waals surface area contributed by atoms with E-state index >= 15 is 0 Å². The molecule has 1 aromatic rings. The second-order valence-electron chi connectivity index (χ2n) is 3.99. The van der Waals surface area contributed by atoms with E-state index in [4.69, 9.17) is 11.6 Å². The number of benzene rings is 1. The van der Waals surface area contributed by atoms with Crippen molar-refractivity contribution in [3.63, 3.8) is 0 Å². The van der Waals surface area contributed by atoms with Crippen LogP contribution in [-0.2, 0) is 0 Å². The molecule has 0 aliphatic heterocycles. The Hall–Kier alpha value is -0.610. The third-order valence-corrected chi connectivity index (χ3v) is 3.40. The Morgan fingerprint density at radius 2 is 2.00 bits per heavy atom. The van der Waals surface area contributed by atoms with Crippen molar-refractivity contribution in [2.45, 2.75) is 25.7 Å². The lowest BCUT2D eigenvalue weighted by Gasteiger charge is -2.05. The third-order valence-electron chi connectivity index (χ3n) is 2.53. The number of alkyl halides is 1. The summed E-state index contributed by atoms with van der Waals surface area (Å²) >= 11 is 8.62. The van der Waals surface area contributed by atoms with Crippen LogP contribution >= 0.6 is 27.5 Å². The number of carbonyl (C=O) groups excluding carboxylic acids is 1. The highest BCUT2D eigenvalue weighted by atomic mass is 79.9. The average Bonchev–Trinajstić information content (AvgIpc) is 2.36.